The minimum atomic E-state index is -4.70. The maximum absolute atomic E-state index is 14.8. The lowest BCUT2D eigenvalue weighted by molar-refractivity contribution is -0.135. The number of carbonyl (C=O) groups is 7. The Bertz CT molecular complexity index is 6060. The van der Waals surface area contributed by atoms with E-state index in [1.807, 2.05) is 0 Å². The fourth-order valence-corrected chi connectivity index (χ4v) is 19.8. The molecule has 5 heterocycles. The topological polar surface area (TPSA) is 497 Å². The minimum Gasteiger partial charge on any atom is -0.451 e. The van der Waals surface area contributed by atoms with Crippen LogP contribution in [-0.4, -0.2) is 289 Å². The SMILES string of the molecule is CCOC(=O)N1CCN(S(=O)(=O)c2cc(F)c(Oc3ccc(F)cc3)c(F)c2)[C@@H](C(=O)NO)C1.COCCOC(=O)N1CCN(S(=O)(=O)c2cc(F)c(Oc3ccc(F)cc3)c(F)c2)[C@@H](C(=O)NO)C1.O=C(NO)[C@H]1CN(C(=O)N2CCOCC2)CCN1S(=O)(=O)c1cc(F)c(Oc2ccc(F)cc2)c(F)c1.O=C(NO)[C@H]1CNCCN1S(=O)(=O)c1cc(F)c(Oc2ccc(F)cc2)c(F)c1. The second-order valence-corrected chi connectivity index (χ2v) is 36.3. The van der Waals surface area contributed by atoms with Crippen molar-refractivity contribution in [3.05, 3.63) is 215 Å². The van der Waals surface area contributed by atoms with Crippen LogP contribution in [0.5, 0.6) is 46.0 Å². The number of piperazine rings is 4. The molecule has 8 aromatic carbocycles. The van der Waals surface area contributed by atoms with Crippen molar-refractivity contribution < 1.29 is 179 Å². The Morgan fingerprint density at radius 2 is 0.625 bits per heavy atom. The third kappa shape index (κ3) is 25.7. The summed E-state index contributed by atoms with van der Waals surface area (Å²) in [6, 6.07) is 14.8. The molecule has 5 saturated heterocycles. The third-order valence-electron chi connectivity index (χ3n) is 20.1. The molecule has 5 aliphatic heterocycles. The van der Waals surface area contributed by atoms with E-state index in [4.69, 9.17) is 53.5 Å². The Morgan fingerprint density at radius 3 is 0.904 bits per heavy atom. The standard InChI is InChI=1S/C22H23F3N4O7S.C21H22F3N3O8S.C20H20F3N3O7S.C17H16F3N3O5S/c23-14-1-3-15(4-2-14)36-20-17(24)11-16(12-18(20)25)37(33,34)29-6-5-28(13-19(29)21(30)26-32)22(31)27-7-9-35-10-8-27;1-33-8-9-34-21(29)26-6-7-27(18(12-26)20(28)25-30)36(31,32)15-10-16(23)19(17(24)11-15)35-14-4-2-13(22)3-5-14;1-2-32-20(28)25-7-8-26(17(11-25)19(27)24-29)34(30,31)14-9-15(22)18(16(23)10-14)33-13-5-3-12(21)4-6-13;18-10-1-3-11(4-2-10)28-16-13(19)7-12(8-14(16)20)29(26,27)23-6-5-21-9-15(23)17(24)22-25/h1-4,11-12,19,32H,5-10,13H2,(H,26,30);2-5,10-11,18,30H,6-9,12H2,1H3,(H,25,28);3-6,9-10,17,29H,2,7-8,11H2,1H3,(H,24,27);1-4,7-8,15,21,25H,5-6,9H2,(H,22,24)/t19-;18-;17-;15-/m1111/s1. The number of methoxy groups -OCH3 is 1. The van der Waals surface area contributed by atoms with Crippen molar-refractivity contribution in [2.75, 3.05) is 132 Å². The van der Waals surface area contributed by atoms with Gasteiger partial charge in [-0.15, -0.1) is 0 Å². The van der Waals surface area contributed by atoms with Gasteiger partial charge in [0.15, 0.2) is 69.5 Å². The number of benzene rings is 8. The van der Waals surface area contributed by atoms with E-state index in [1.165, 1.54) is 38.8 Å². The van der Waals surface area contributed by atoms with Crippen molar-refractivity contribution in [2.24, 2.45) is 0 Å². The predicted molar refractivity (Wildman–Crippen MR) is 437 cm³/mol. The van der Waals surface area contributed by atoms with Crippen molar-refractivity contribution in [1.29, 1.82) is 0 Å². The Balaban J connectivity index is 0.000000188. The second-order valence-electron chi connectivity index (χ2n) is 28.7. The molecule has 0 saturated carbocycles. The van der Waals surface area contributed by atoms with Crippen LogP contribution in [0.2, 0.25) is 0 Å². The summed E-state index contributed by atoms with van der Waals surface area (Å²) in [5, 5.41) is 38.9. The molecule has 0 radical (unpaired) electrons. The van der Waals surface area contributed by atoms with Gasteiger partial charge in [-0.05, 0) is 153 Å². The number of hydroxylamine groups is 4. The fraction of sp³-hybridized carbons (Fsp3) is 0.312. The molecule has 9 N–H and O–H groups in total. The van der Waals surface area contributed by atoms with E-state index in [0.29, 0.717) is 87.7 Å². The van der Waals surface area contributed by atoms with Crippen LogP contribution < -0.4 is 46.2 Å². The Kier molecular flexibility index (Phi) is 36.1. The van der Waals surface area contributed by atoms with Gasteiger partial charge in [-0.2, -0.15) is 17.2 Å². The Hall–Kier alpha value is -12.8. The molecular weight excluding hydrogens is 1930 g/mol. The van der Waals surface area contributed by atoms with Gasteiger partial charge in [-0.1, -0.05) is 0 Å². The second kappa shape index (κ2) is 46.6. The number of nitrogens with zero attached hydrogens (tertiary/aromatic N) is 8. The van der Waals surface area contributed by atoms with Gasteiger partial charge in [0.2, 0.25) is 40.1 Å². The number of morpholine rings is 1. The number of carbonyl (C=O) groups excluding carboxylic acids is 7. The first kappa shape index (κ1) is 105. The van der Waals surface area contributed by atoms with E-state index in [2.05, 4.69) is 5.32 Å². The molecule has 5 fully saturated rings. The fourth-order valence-electron chi connectivity index (χ4n) is 13.4. The third-order valence-corrected chi connectivity index (χ3v) is 27.7. The van der Waals surface area contributed by atoms with Crippen LogP contribution in [0.4, 0.5) is 67.1 Å². The molecule has 0 unspecified atom stereocenters. The number of rotatable bonds is 24. The monoisotopic (exact) mass is 2010 g/mol. The molecule has 8 aromatic rings. The molecule has 5 aliphatic rings. The number of urea groups is 1. The van der Waals surface area contributed by atoms with E-state index < -0.39 is 251 Å². The number of sulfonamides is 4. The van der Waals surface area contributed by atoms with E-state index in [9.17, 15) is 125 Å². The molecule has 0 aliphatic carbocycles. The lowest BCUT2D eigenvalue weighted by Crippen LogP contribution is -2.63. The van der Waals surface area contributed by atoms with Crippen molar-refractivity contribution in [2.45, 2.75) is 50.7 Å². The van der Waals surface area contributed by atoms with Crippen LogP contribution in [-0.2, 0) is 78.2 Å². The Labute approximate surface area is 764 Å². The summed E-state index contributed by atoms with van der Waals surface area (Å²) in [6.45, 7) is -0.256. The summed E-state index contributed by atoms with van der Waals surface area (Å²) in [5.41, 5.74) is 5.40. The van der Waals surface area contributed by atoms with Crippen molar-refractivity contribution in [3.8, 4) is 46.0 Å². The lowest BCUT2D eigenvalue weighted by Gasteiger charge is -2.41. The number of hydrogen-bond donors (Lipinski definition) is 9. The number of ether oxygens (including phenoxy) is 8. The molecule has 13 rings (SSSR count). The number of amides is 8. The number of nitrogens with one attached hydrogen (secondary N) is 5. The highest BCUT2D eigenvalue weighted by Crippen LogP contribution is 2.39. The molecule has 736 valence electrons. The highest BCUT2D eigenvalue weighted by molar-refractivity contribution is 7.90. The molecule has 0 bridgehead atoms. The molecule has 8 amide bonds. The molecule has 0 spiro atoms. The molecule has 4 atom stereocenters. The van der Waals surface area contributed by atoms with Crippen LogP contribution in [0.3, 0.4) is 0 Å². The molecule has 40 nitrogen and oxygen atoms in total. The zero-order valence-electron chi connectivity index (χ0n) is 70.5. The molecular formula is C80H81F12N13O27S4. The van der Waals surface area contributed by atoms with E-state index >= 15 is 0 Å². The average molecular weight is 2010 g/mol. The van der Waals surface area contributed by atoms with E-state index in [0.717, 1.165) is 111 Å². The average Bonchev–Trinajstić information content (AvgIpc) is 0.764. The first-order valence-corrected chi connectivity index (χ1v) is 45.5. The Morgan fingerprint density at radius 1 is 0.360 bits per heavy atom. The zero-order chi connectivity index (χ0) is 99.4. The van der Waals surface area contributed by atoms with Crippen molar-refractivity contribution in [1.82, 2.24) is 64.1 Å². The summed E-state index contributed by atoms with van der Waals surface area (Å²) in [4.78, 5) is 87.2. The minimum absolute atomic E-state index is 0.0408. The molecule has 136 heavy (non-hydrogen) atoms. The first-order valence-electron chi connectivity index (χ1n) is 39.7. The van der Waals surface area contributed by atoms with Crippen molar-refractivity contribution in [3.63, 3.8) is 0 Å². The number of halogens is 12. The van der Waals surface area contributed by atoms with Gasteiger partial charge in [0.05, 0.1) is 46.0 Å². The van der Waals surface area contributed by atoms with E-state index in [-0.39, 0.29) is 88.6 Å². The molecule has 56 heteroatoms. The van der Waals surface area contributed by atoms with Crippen LogP contribution in [0.1, 0.15) is 6.92 Å². The van der Waals surface area contributed by atoms with Gasteiger partial charge in [0, 0.05) is 98.7 Å². The maximum atomic E-state index is 14.8. The van der Waals surface area contributed by atoms with Crippen molar-refractivity contribution >= 4 is 81.9 Å². The smallest absolute Gasteiger partial charge is 0.409 e. The summed E-state index contributed by atoms with van der Waals surface area (Å²) in [7, 11) is -17.1. The lowest BCUT2D eigenvalue weighted by atomic mass is 10.2. The zero-order valence-corrected chi connectivity index (χ0v) is 73.8. The van der Waals surface area contributed by atoms with Gasteiger partial charge in [0.25, 0.3) is 23.6 Å². The first-order chi connectivity index (χ1) is 64.5. The predicted octanol–water partition coefficient (Wildman–Crippen LogP) is 6.99. The quantitative estimate of drug-likeness (QED) is 0.0127. The van der Waals surface area contributed by atoms with Gasteiger partial charge in [0.1, 0.15) is 77.0 Å². The normalized spacial score (nSPS) is 17.5. The summed E-state index contributed by atoms with van der Waals surface area (Å²) in [6.07, 6.45) is -1.64. The summed E-state index contributed by atoms with van der Waals surface area (Å²) in [5.74, 6) is -21.5. The highest BCUT2D eigenvalue weighted by Gasteiger charge is 2.47. The van der Waals surface area contributed by atoms with Crippen LogP contribution in [0, 0.1) is 69.8 Å². The molecule has 0 aromatic heterocycles. The summed E-state index contributed by atoms with van der Waals surface area (Å²) >= 11 is 0. The van der Waals surface area contributed by atoms with Gasteiger partial charge in [-0.3, -0.25) is 40.0 Å². The van der Waals surface area contributed by atoms with Gasteiger partial charge < -0.3 is 62.8 Å². The number of hydrogen-bond acceptors (Lipinski definition) is 28. The largest absolute Gasteiger partial charge is 0.451 e. The highest BCUT2D eigenvalue weighted by atomic mass is 32.2. The van der Waals surface area contributed by atoms with Gasteiger partial charge >= 0.3 is 18.2 Å². The van der Waals surface area contributed by atoms with Crippen LogP contribution in [0.15, 0.2) is 165 Å². The summed E-state index contributed by atoms with van der Waals surface area (Å²) < 4.78 is 317. The van der Waals surface area contributed by atoms with Crippen LogP contribution in [0.25, 0.3) is 0 Å². The van der Waals surface area contributed by atoms with E-state index in [1.54, 1.807) is 6.92 Å². The van der Waals surface area contributed by atoms with Crippen LogP contribution >= 0.6 is 0 Å². The van der Waals surface area contributed by atoms with Gasteiger partial charge in [-0.25, -0.2) is 123 Å². The maximum Gasteiger partial charge on any atom is 0.409 e.